The van der Waals surface area contributed by atoms with Gasteiger partial charge in [0.1, 0.15) is 6.04 Å². The van der Waals surface area contributed by atoms with E-state index in [1.807, 2.05) is 41.1 Å². The van der Waals surface area contributed by atoms with Gasteiger partial charge >= 0.3 is 10.3 Å². The molecule has 2 aromatic rings. The highest BCUT2D eigenvalue weighted by atomic mass is 32.2. The van der Waals surface area contributed by atoms with Gasteiger partial charge in [0.2, 0.25) is 11.8 Å². The number of aliphatic imine (C=N–C) groups is 1. The zero-order chi connectivity index (χ0) is 27.9. The Bertz CT molecular complexity index is 1300. The highest BCUT2D eigenvalue weighted by Gasteiger charge is 2.28. The van der Waals surface area contributed by atoms with Crippen LogP contribution in [0.2, 0.25) is 0 Å². The fourth-order valence-corrected chi connectivity index (χ4v) is 4.71. The van der Waals surface area contributed by atoms with Crippen LogP contribution in [0, 0.1) is 5.41 Å². The number of benzene rings is 2. The summed E-state index contributed by atoms with van der Waals surface area (Å²) >= 11 is 0. The van der Waals surface area contributed by atoms with E-state index in [0.717, 1.165) is 35.4 Å². The van der Waals surface area contributed by atoms with Crippen LogP contribution in [0.25, 0.3) is 0 Å². The van der Waals surface area contributed by atoms with Gasteiger partial charge in [-0.3, -0.25) is 23.9 Å². The second-order valence-electron chi connectivity index (χ2n) is 10.5. The Morgan fingerprint density at radius 1 is 0.974 bits per heavy atom. The van der Waals surface area contributed by atoms with Crippen LogP contribution in [0.5, 0.6) is 0 Å². The van der Waals surface area contributed by atoms with Crippen LogP contribution in [0.3, 0.4) is 0 Å². The highest BCUT2D eigenvalue weighted by Crippen LogP contribution is 2.27. The Morgan fingerprint density at radius 2 is 1.61 bits per heavy atom. The number of carbonyl (C=O) groups excluding carboxylic acids is 2. The maximum Gasteiger partial charge on any atom is 0.357 e. The lowest BCUT2D eigenvalue weighted by Gasteiger charge is -2.29. The smallest absolute Gasteiger partial charge is 0.346 e. The number of nitrogens with one attached hydrogen (secondary N) is 3. The number of rotatable bonds is 10. The van der Waals surface area contributed by atoms with E-state index in [1.54, 1.807) is 12.1 Å². The van der Waals surface area contributed by atoms with Crippen molar-refractivity contribution < 1.29 is 22.6 Å². The average Bonchev–Trinajstić information content (AvgIpc) is 2.83. The Kier molecular flexibility index (Phi) is 9.45. The molecule has 9 nitrogen and oxygen atoms in total. The van der Waals surface area contributed by atoms with Gasteiger partial charge in [-0.15, -0.1) is 0 Å². The first-order valence-corrected chi connectivity index (χ1v) is 14.0. The van der Waals surface area contributed by atoms with Gasteiger partial charge in [0.05, 0.1) is 17.4 Å². The van der Waals surface area contributed by atoms with E-state index >= 15 is 0 Å². The fourth-order valence-electron chi connectivity index (χ4n) is 4.28. The van der Waals surface area contributed by atoms with E-state index < -0.39 is 22.4 Å². The fraction of sp³-hybridized carbons (Fsp3) is 0.393. The third-order valence-corrected chi connectivity index (χ3v) is 6.65. The first-order chi connectivity index (χ1) is 17.8. The van der Waals surface area contributed by atoms with Crippen molar-refractivity contribution in [1.82, 2.24) is 10.6 Å². The summed E-state index contributed by atoms with van der Waals surface area (Å²) in [6, 6.07) is 14.8. The molecule has 1 heterocycles. The molecular weight excluding hydrogens is 504 g/mol. The van der Waals surface area contributed by atoms with E-state index in [9.17, 15) is 18.0 Å². The van der Waals surface area contributed by atoms with E-state index in [0.29, 0.717) is 12.8 Å². The van der Waals surface area contributed by atoms with Crippen LogP contribution in [0.1, 0.15) is 51.7 Å². The van der Waals surface area contributed by atoms with Gasteiger partial charge in [0.25, 0.3) is 0 Å². The molecular formula is C28H36N4O5S. The summed E-state index contributed by atoms with van der Waals surface area (Å²) in [4.78, 5) is 30.4. The van der Waals surface area contributed by atoms with E-state index in [4.69, 9.17) is 9.55 Å². The Balaban J connectivity index is 1.88. The molecule has 1 aliphatic rings. The lowest BCUT2D eigenvalue weighted by atomic mass is 9.85. The predicted octanol–water partition coefficient (Wildman–Crippen LogP) is 3.84. The molecule has 4 N–H and O–H groups in total. The minimum Gasteiger partial charge on any atom is -0.346 e. The van der Waals surface area contributed by atoms with Crippen LogP contribution in [0.15, 0.2) is 71.4 Å². The lowest BCUT2D eigenvalue weighted by molar-refractivity contribution is -0.128. The normalized spacial score (nSPS) is 15.5. The average molecular weight is 541 g/mol. The monoisotopic (exact) mass is 540 g/mol. The lowest BCUT2D eigenvalue weighted by Crippen LogP contribution is -2.51. The van der Waals surface area contributed by atoms with Crippen molar-refractivity contribution in [2.75, 3.05) is 4.72 Å². The van der Waals surface area contributed by atoms with Crippen LogP contribution in [-0.4, -0.2) is 42.6 Å². The highest BCUT2D eigenvalue weighted by molar-refractivity contribution is 7.87. The number of nitrogens with zero attached hydrogens (tertiary/aromatic N) is 1. The van der Waals surface area contributed by atoms with Crippen molar-refractivity contribution >= 4 is 33.5 Å². The largest absolute Gasteiger partial charge is 0.357 e. The zero-order valence-corrected chi connectivity index (χ0v) is 23.0. The van der Waals surface area contributed by atoms with Crippen LogP contribution in [-0.2, 0) is 32.7 Å². The molecule has 2 amide bonds. The number of hydrogen-bond donors (Lipinski definition) is 4. The number of allylic oxidation sites excluding steroid dienone is 1. The molecule has 0 saturated carbocycles. The topological polar surface area (TPSA) is 137 Å². The second-order valence-corrected chi connectivity index (χ2v) is 11.6. The molecule has 0 fully saturated rings. The van der Waals surface area contributed by atoms with Gasteiger partial charge in [-0.1, -0.05) is 69.3 Å². The van der Waals surface area contributed by atoms with Gasteiger partial charge in [-0.25, -0.2) is 0 Å². The molecule has 38 heavy (non-hydrogen) atoms. The van der Waals surface area contributed by atoms with Crippen LogP contribution < -0.4 is 15.4 Å². The Labute approximate surface area is 224 Å². The molecule has 1 aliphatic heterocycles. The molecule has 3 rings (SSSR count). The van der Waals surface area contributed by atoms with Crippen molar-refractivity contribution in [2.24, 2.45) is 10.4 Å². The van der Waals surface area contributed by atoms with Crippen LogP contribution in [0.4, 0.5) is 5.69 Å². The molecule has 2 unspecified atom stereocenters. The molecule has 204 valence electrons. The van der Waals surface area contributed by atoms with Gasteiger partial charge in [-0.2, -0.15) is 8.42 Å². The maximum atomic E-state index is 13.5. The van der Waals surface area contributed by atoms with Gasteiger partial charge < -0.3 is 10.6 Å². The molecule has 0 radical (unpaired) electrons. The van der Waals surface area contributed by atoms with Gasteiger partial charge in [-0.05, 0) is 42.5 Å². The van der Waals surface area contributed by atoms with Crippen molar-refractivity contribution in [3.63, 3.8) is 0 Å². The van der Waals surface area contributed by atoms with E-state index in [1.165, 1.54) is 19.1 Å². The summed E-state index contributed by atoms with van der Waals surface area (Å²) in [5, 5.41) is 5.87. The summed E-state index contributed by atoms with van der Waals surface area (Å²) < 4.78 is 33.3. The van der Waals surface area contributed by atoms with E-state index in [2.05, 4.69) is 31.4 Å². The molecule has 2 atom stereocenters. The quantitative estimate of drug-likeness (QED) is 0.340. The van der Waals surface area contributed by atoms with E-state index in [-0.39, 0.29) is 22.9 Å². The standard InChI is InChI=1S/C28H36N4O5S/c1-19(33)29-25(18-20-9-6-5-7-10-20)27(34)31-24(23-11-8-12-26(30-23)28(2,3)4)17-21-13-15-22(16-14-21)32-38(35,36)37/h5-7,9-11,13-16,24-25,32H,8,12,17-18H2,1-4H3,(H,29,33)(H,31,34)(H,35,36,37). The predicted molar refractivity (Wildman–Crippen MR) is 149 cm³/mol. The van der Waals surface area contributed by atoms with Crippen molar-refractivity contribution in [3.05, 3.63) is 77.5 Å². The molecule has 0 spiro atoms. The zero-order valence-electron chi connectivity index (χ0n) is 22.2. The Hall–Kier alpha value is -3.50. The molecule has 10 heteroatoms. The SMILES string of the molecule is CC(=O)NC(Cc1ccccc1)C(=O)NC(Cc1ccc(NS(=O)(=O)O)cc1)C1=CCCC(C(C)(C)C)=N1. The summed E-state index contributed by atoms with van der Waals surface area (Å²) in [5.74, 6) is -0.623. The molecule has 0 aromatic heterocycles. The molecule has 0 saturated heterocycles. The summed E-state index contributed by atoms with van der Waals surface area (Å²) in [6.45, 7) is 7.70. The number of amides is 2. The number of anilines is 1. The van der Waals surface area contributed by atoms with Crippen molar-refractivity contribution in [2.45, 2.75) is 65.5 Å². The van der Waals surface area contributed by atoms with Crippen molar-refractivity contribution in [1.29, 1.82) is 0 Å². The Morgan fingerprint density at radius 3 is 2.18 bits per heavy atom. The third-order valence-electron chi connectivity index (χ3n) is 6.16. The summed E-state index contributed by atoms with van der Waals surface area (Å²) in [7, 11) is -4.38. The third kappa shape index (κ3) is 9.11. The maximum absolute atomic E-state index is 13.5. The van der Waals surface area contributed by atoms with Crippen LogP contribution >= 0.6 is 0 Å². The summed E-state index contributed by atoms with van der Waals surface area (Å²) in [6.07, 6.45) is 4.40. The molecule has 0 bridgehead atoms. The minimum atomic E-state index is -4.38. The number of carbonyl (C=O) groups is 2. The first kappa shape index (κ1) is 29.1. The second kappa shape index (κ2) is 12.4. The summed E-state index contributed by atoms with van der Waals surface area (Å²) in [5.41, 5.74) is 3.64. The minimum absolute atomic E-state index is 0.122. The molecule has 0 aliphatic carbocycles. The van der Waals surface area contributed by atoms with Crippen molar-refractivity contribution in [3.8, 4) is 0 Å². The first-order valence-electron chi connectivity index (χ1n) is 12.5. The van der Waals surface area contributed by atoms with Gasteiger partial charge in [0.15, 0.2) is 0 Å². The number of hydrogen-bond acceptors (Lipinski definition) is 5. The van der Waals surface area contributed by atoms with Gasteiger partial charge in [0, 0.05) is 24.5 Å². The molecule has 2 aromatic carbocycles.